The van der Waals surface area contributed by atoms with Crippen molar-refractivity contribution in [2.24, 2.45) is 7.05 Å². The summed E-state index contributed by atoms with van der Waals surface area (Å²) in [6.07, 6.45) is 2.10. The van der Waals surface area contributed by atoms with Crippen molar-refractivity contribution >= 4 is 21.9 Å². The molecule has 2 aromatic carbocycles. The van der Waals surface area contributed by atoms with Gasteiger partial charge in [-0.05, 0) is 37.6 Å². The van der Waals surface area contributed by atoms with E-state index in [1.54, 1.807) is 0 Å². The minimum absolute atomic E-state index is 0.658. The number of aromatic nitrogens is 1. The number of pyridine rings is 1. The molecular weight excluding hydrogens is 296 g/mol. The highest BCUT2D eigenvalue weighted by Crippen LogP contribution is 2.38. The predicted octanol–water partition coefficient (Wildman–Crippen LogP) is 4.57. The molecule has 2 aromatic heterocycles. The van der Waals surface area contributed by atoms with Gasteiger partial charge in [-0.3, -0.25) is 0 Å². The van der Waals surface area contributed by atoms with Gasteiger partial charge in [0.25, 0.3) is 0 Å². The number of rotatable bonds is 1. The maximum absolute atomic E-state index is 9.59. The minimum Gasteiger partial charge on any atom is -0.455 e. The lowest BCUT2D eigenvalue weighted by Gasteiger charge is -2.07. The van der Waals surface area contributed by atoms with Gasteiger partial charge in [-0.2, -0.15) is 5.26 Å². The second kappa shape index (κ2) is 5.21. The Morgan fingerprint density at radius 2 is 1.88 bits per heavy atom. The molecule has 0 amide bonds. The number of furan rings is 1. The quantitative estimate of drug-likeness (QED) is 0.483. The summed E-state index contributed by atoms with van der Waals surface area (Å²) in [6.45, 7) is 4.11. The molecule has 0 atom stereocenters. The molecule has 0 aliphatic heterocycles. The number of hydrogen-bond donors (Lipinski definition) is 0. The zero-order chi connectivity index (χ0) is 16.8. The molecule has 0 saturated carbocycles. The second-order valence-electron chi connectivity index (χ2n) is 6.23. The Kier molecular flexibility index (Phi) is 3.14. The molecule has 0 aliphatic rings. The van der Waals surface area contributed by atoms with Gasteiger partial charge < -0.3 is 4.42 Å². The Labute approximate surface area is 140 Å². The summed E-state index contributed by atoms with van der Waals surface area (Å²) in [7, 11) is 2.04. The maximum Gasteiger partial charge on any atom is 0.216 e. The average molecular weight is 313 g/mol. The van der Waals surface area contributed by atoms with E-state index in [4.69, 9.17) is 4.42 Å². The highest BCUT2D eigenvalue weighted by Gasteiger charge is 2.22. The first-order valence-corrected chi connectivity index (χ1v) is 7.91. The molecule has 0 fully saturated rings. The molecule has 0 bridgehead atoms. The van der Waals surface area contributed by atoms with Crippen LogP contribution in [-0.4, -0.2) is 0 Å². The number of fused-ring (bicyclic) bond motifs is 3. The van der Waals surface area contributed by atoms with Crippen molar-refractivity contribution in [1.29, 1.82) is 5.26 Å². The van der Waals surface area contributed by atoms with Crippen LogP contribution < -0.4 is 4.57 Å². The van der Waals surface area contributed by atoms with Crippen LogP contribution in [0.2, 0.25) is 0 Å². The fourth-order valence-electron chi connectivity index (χ4n) is 3.44. The Morgan fingerprint density at radius 3 is 2.62 bits per heavy atom. The Balaban J connectivity index is 2.21. The minimum atomic E-state index is 0.658. The van der Waals surface area contributed by atoms with E-state index in [0.717, 1.165) is 38.8 Å². The topological polar surface area (TPSA) is 40.8 Å². The molecule has 0 N–H and O–H groups in total. The molecule has 116 valence electrons. The van der Waals surface area contributed by atoms with Crippen LogP contribution >= 0.6 is 0 Å². The van der Waals surface area contributed by atoms with Crippen LogP contribution in [0.4, 0.5) is 0 Å². The van der Waals surface area contributed by atoms with Gasteiger partial charge in [-0.15, -0.1) is 0 Å². The molecule has 2 heterocycles. The van der Waals surface area contributed by atoms with Crippen LogP contribution in [0.25, 0.3) is 33.2 Å². The number of benzene rings is 2. The lowest BCUT2D eigenvalue weighted by molar-refractivity contribution is -0.660. The number of aryl methyl sites for hydroxylation is 3. The van der Waals surface area contributed by atoms with Crippen molar-refractivity contribution in [3.05, 3.63) is 65.4 Å². The molecule has 4 aromatic rings. The molecule has 0 spiro atoms. The van der Waals surface area contributed by atoms with Gasteiger partial charge in [-0.1, -0.05) is 18.2 Å². The average Bonchev–Trinajstić information content (AvgIpc) is 2.94. The number of hydrogen-bond acceptors (Lipinski definition) is 2. The lowest BCUT2D eigenvalue weighted by Crippen LogP contribution is -2.31. The van der Waals surface area contributed by atoms with E-state index in [-0.39, 0.29) is 0 Å². The summed E-state index contributed by atoms with van der Waals surface area (Å²) >= 11 is 0. The molecule has 24 heavy (non-hydrogen) atoms. The van der Waals surface area contributed by atoms with Gasteiger partial charge >= 0.3 is 0 Å². The van der Waals surface area contributed by atoms with Crippen molar-refractivity contribution in [3.8, 4) is 17.3 Å². The lowest BCUT2D eigenvalue weighted by atomic mass is 9.96. The Hall–Kier alpha value is -3.12. The van der Waals surface area contributed by atoms with Crippen molar-refractivity contribution in [2.45, 2.75) is 13.8 Å². The Bertz CT molecular complexity index is 1150. The van der Waals surface area contributed by atoms with E-state index in [1.165, 1.54) is 5.56 Å². The highest BCUT2D eigenvalue weighted by molar-refractivity contribution is 6.12. The van der Waals surface area contributed by atoms with Crippen molar-refractivity contribution < 1.29 is 8.98 Å². The highest BCUT2D eigenvalue weighted by atomic mass is 16.3. The van der Waals surface area contributed by atoms with Crippen LogP contribution in [0.3, 0.4) is 0 Å². The predicted molar refractivity (Wildman–Crippen MR) is 94.5 cm³/mol. The van der Waals surface area contributed by atoms with Gasteiger partial charge in [-0.25, -0.2) is 4.57 Å². The molecule has 4 rings (SSSR count). The van der Waals surface area contributed by atoms with E-state index in [2.05, 4.69) is 35.9 Å². The van der Waals surface area contributed by atoms with Crippen LogP contribution in [0.1, 0.15) is 16.7 Å². The molecule has 0 radical (unpaired) electrons. The second-order valence-corrected chi connectivity index (χ2v) is 6.23. The zero-order valence-corrected chi connectivity index (χ0v) is 13.9. The van der Waals surface area contributed by atoms with Crippen molar-refractivity contribution in [3.63, 3.8) is 0 Å². The number of nitrogens with zero attached hydrogens (tertiary/aromatic N) is 2. The monoisotopic (exact) mass is 313 g/mol. The molecule has 3 heteroatoms. The van der Waals surface area contributed by atoms with Gasteiger partial charge in [0.1, 0.15) is 12.6 Å². The summed E-state index contributed by atoms with van der Waals surface area (Å²) in [5.41, 5.74) is 6.61. The zero-order valence-electron chi connectivity index (χ0n) is 13.9. The van der Waals surface area contributed by atoms with Gasteiger partial charge in [0, 0.05) is 22.4 Å². The van der Waals surface area contributed by atoms with Gasteiger partial charge in [0.2, 0.25) is 5.69 Å². The fraction of sp³-hybridized carbons (Fsp3) is 0.143. The number of para-hydroxylation sites is 1. The standard InChI is InChI=1S/C21H17N2O/c1-13-8-9-17(23(3)12-13)19-14(2)10-15(11-22)20-16-6-4-5-7-18(16)24-21(19)20/h4-10,12H,1-3H3/q+1. The molecule has 0 unspecified atom stereocenters. The molecule has 0 aliphatic carbocycles. The third-order valence-corrected chi connectivity index (χ3v) is 4.51. The van der Waals surface area contributed by atoms with E-state index < -0.39 is 0 Å². The van der Waals surface area contributed by atoms with Gasteiger partial charge in [0.05, 0.1) is 17.2 Å². The van der Waals surface area contributed by atoms with E-state index >= 15 is 0 Å². The summed E-state index contributed by atoms with van der Waals surface area (Å²) in [4.78, 5) is 0. The van der Waals surface area contributed by atoms with Crippen LogP contribution in [0.15, 0.2) is 53.1 Å². The summed E-state index contributed by atoms with van der Waals surface area (Å²) in [5.74, 6) is 0. The van der Waals surface area contributed by atoms with E-state index in [9.17, 15) is 5.26 Å². The maximum atomic E-state index is 9.59. The third-order valence-electron chi connectivity index (χ3n) is 4.51. The molecular formula is C21H17N2O+. The summed E-state index contributed by atoms with van der Waals surface area (Å²) in [6, 6.07) is 16.4. The van der Waals surface area contributed by atoms with Crippen LogP contribution in [0.5, 0.6) is 0 Å². The first-order chi connectivity index (χ1) is 11.6. The third kappa shape index (κ3) is 2.00. The number of nitriles is 1. The molecule has 3 nitrogen and oxygen atoms in total. The summed E-state index contributed by atoms with van der Waals surface area (Å²) in [5, 5.41) is 11.5. The molecule has 0 saturated heterocycles. The van der Waals surface area contributed by atoms with Crippen molar-refractivity contribution in [1.82, 2.24) is 0 Å². The first-order valence-electron chi connectivity index (χ1n) is 7.91. The van der Waals surface area contributed by atoms with Crippen LogP contribution in [-0.2, 0) is 7.05 Å². The largest absolute Gasteiger partial charge is 0.455 e. The van der Waals surface area contributed by atoms with E-state index in [1.807, 2.05) is 44.3 Å². The van der Waals surface area contributed by atoms with Gasteiger partial charge in [0.15, 0.2) is 11.8 Å². The summed E-state index contributed by atoms with van der Waals surface area (Å²) < 4.78 is 8.29. The SMILES string of the molecule is Cc1ccc(-c2c(C)cc(C#N)c3c2oc2ccccc23)[n+](C)c1. The van der Waals surface area contributed by atoms with E-state index in [0.29, 0.717) is 5.56 Å². The smallest absolute Gasteiger partial charge is 0.216 e. The fourth-order valence-corrected chi connectivity index (χ4v) is 3.44. The Morgan fingerprint density at radius 1 is 1.08 bits per heavy atom. The van der Waals surface area contributed by atoms with Crippen molar-refractivity contribution in [2.75, 3.05) is 0 Å². The van der Waals surface area contributed by atoms with Crippen LogP contribution in [0, 0.1) is 25.2 Å². The normalized spacial score (nSPS) is 11.1. The first kappa shape index (κ1) is 14.5.